The second-order valence-corrected chi connectivity index (χ2v) is 6.34. The lowest BCUT2D eigenvalue weighted by Gasteiger charge is -2.28. The smallest absolute Gasteiger partial charge is 0.308 e. The molecule has 1 saturated heterocycles. The first-order valence-corrected chi connectivity index (χ1v) is 7.77. The van der Waals surface area contributed by atoms with Crippen LogP contribution in [0.4, 0.5) is 5.69 Å². The van der Waals surface area contributed by atoms with Crippen LogP contribution in [0.25, 0.3) is 0 Å². The number of carbonyl (C=O) groups excluding carboxylic acids is 2. The molecule has 116 valence electrons. The number of hydrogen-bond acceptors (Lipinski definition) is 3. The zero-order valence-corrected chi connectivity index (χ0v) is 13.2. The highest BCUT2D eigenvalue weighted by Gasteiger charge is 2.62. The van der Waals surface area contributed by atoms with E-state index in [-0.39, 0.29) is 24.2 Å². The molecule has 4 nitrogen and oxygen atoms in total. The molecule has 0 N–H and O–H groups in total. The Morgan fingerprint density at radius 2 is 1.91 bits per heavy atom. The van der Waals surface area contributed by atoms with Crippen LogP contribution < -0.4 is 4.90 Å². The van der Waals surface area contributed by atoms with Crippen LogP contribution in [0.2, 0.25) is 5.02 Å². The maximum Gasteiger partial charge on any atom is 0.308 e. The van der Waals surface area contributed by atoms with Crippen LogP contribution in [-0.4, -0.2) is 18.9 Å². The fourth-order valence-electron chi connectivity index (χ4n) is 3.65. The zero-order valence-electron chi connectivity index (χ0n) is 12.5. The molecule has 2 aliphatic rings. The third kappa shape index (κ3) is 1.85. The minimum absolute atomic E-state index is 0.176. The van der Waals surface area contributed by atoms with Crippen molar-refractivity contribution in [2.45, 2.75) is 17.9 Å². The summed E-state index contributed by atoms with van der Waals surface area (Å²) in [4.78, 5) is 26.7. The van der Waals surface area contributed by atoms with Crippen LogP contribution in [-0.2, 0) is 19.9 Å². The van der Waals surface area contributed by atoms with E-state index in [0.717, 1.165) is 11.3 Å². The lowest BCUT2D eigenvalue weighted by Crippen LogP contribution is -2.42. The molecule has 2 aromatic rings. The largest absolute Gasteiger partial charge is 0.443 e. The Morgan fingerprint density at radius 1 is 1.17 bits per heavy atom. The normalized spacial score (nSPS) is 25.8. The molecule has 0 bridgehead atoms. The van der Waals surface area contributed by atoms with E-state index in [9.17, 15) is 9.59 Å². The number of esters is 1. The van der Waals surface area contributed by atoms with Gasteiger partial charge in [-0.15, -0.1) is 0 Å². The standard InChI is InChI=1S/C18H14ClNO3/c1-20-15-8-7-12(19)9-14(15)18(17(20)22)13(10-16(21)23-18)11-5-3-2-4-6-11/h2-9,13H,10H2,1H3. The van der Waals surface area contributed by atoms with Crippen LogP contribution in [0.5, 0.6) is 0 Å². The molecule has 0 aliphatic carbocycles. The number of fused-ring (bicyclic) bond motifs is 2. The minimum Gasteiger partial charge on any atom is -0.443 e. The lowest BCUT2D eigenvalue weighted by atomic mass is 9.78. The SMILES string of the molecule is CN1C(=O)C2(OC(=O)CC2c2ccccc2)c2cc(Cl)ccc21. The quantitative estimate of drug-likeness (QED) is 0.755. The maximum atomic E-state index is 13.0. The van der Waals surface area contributed by atoms with Gasteiger partial charge in [0.15, 0.2) is 0 Å². The Balaban J connectivity index is 1.97. The summed E-state index contributed by atoms with van der Waals surface area (Å²) in [7, 11) is 1.69. The molecule has 2 atom stereocenters. The molecule has 1 amide bonds. The second-order valence-electron chi connectivity index (χ2n) is 5.90. The van der Waals surface area contributed by atoms with Gasteiger partial charge in [-0.05, 0) is 23.8 Å². The van der Waals surface area contributed by atoms with E-state index in [4.69, 9.17) is 16.3 Å². The van der Waals surface area contributed by atoms with Gasteiger partial charge in [-0.2, -0.15) is 0 Å². The molecule has 2 aromatic carbocycles. The minimum atomic E-state index is -1.31. The number of nitrogens with zero attached hydrogens (tertiary/aromatic N) is 1. The number of amides is 1. The summed E-state index contributed by atoms with van der Waals surface area (Å²) in [5, 5.41) is 0.515. The summed E-state index contributed by atoms with van der Waals surface area (Å²) >= 11 is 6.14. The van der Waals surface area contributed by atoms with Gasteiger partial charge < -0.3 is 9.64 Å². The van der Waals surface area contributed by atoms with Crippen LogP contribution in [0, 0.1) is 0 Å². The van der Waals surface area contributed by atoms with Gasteiger partial charge in [-0.1, -0.05) is 41.9 Å². The van der Waals surface area contributed by atoms with Gasteiger partial charge in [0, 0.05) is 23.6 Å². The Hall–Kier alpha value is -2.33. The topological polar surface area (TPSA) is 46.6 Å². The monoisotopic (exact) mass is 327 g/mol. The van der Waals surface area contributed by atoms with Crippen molar-refractivity contribution in [3.05, 3.63) is 64.7 Å². The Kier molecular flexibility index (Phi) is 3.00. The average molecular weight is 328 g/mol. The molecule has 5 heteroatoms. The first-order valence-electron chi connectivity index (χ1n) is 7.39. The number of ether oxygens (including phenoxy) is 1. The summed E-state index contributed by atoms with van der Waals surface area (Å²) in [5.74, 6) is -0.950. The number of carbonyl (C=O) groups is 2. The molecule has 1 fully saturated rings. The van der Waals surface area contributed by atoms with Crippen LogP contribution in [0.1, 0.15) is 23.5 Å². The lowest BCUT2D eigenvalue weighted by molar-refractivity contribution is -0.157. The third-order valence-electron chi connectivity index (χ3n) is 4.68. The number of anilines is 1. The maximum absolute atomic E-state index is 13.0. The van der Waals surface area contributed by atoms with Crippen LogP contribution in [0.3, 0.4) is 0 Å². The highest BCUT2D eigenvalue weighted by Crippen LogP contribution is 2.55. The fraction of sp³-hybridized carbons (Fsp3) is 0.222. The van der Waals surface area contributed by atoms with Crippen molar-refractivity contribution in [3.63, 3.8) is 0 Å². The van der Waals surface area contributed by atoms with E-state index < -0.39 is 5.60 Å². The first-order chi connectivity index (χ1) is 11.0. The summed E-state index contributed by atoms with van der Waals surface area (Å²) in [6, 6.07) is 14.8. The van der Waals surface area contributed by atoms with E-state index in [2.05, 4.69) is 0 Å². The summed E-state index contributed by atoms with van der Waals surface area (Å²) in [6.45, 7) is 0. The van der Waals surface area contributed by atoms with Crippen molar-refractivity contribution in [2.75, 3.05) is 11.9 Å². The van der Waals surface area contributed by atoms with Crippen molar-refractivity contribution < 1.29 is 14.3 Å². The number of halogens is 1. The predicted octanol–water partition coefficient (Wildman–Crippen LogP) is 3.24. The zero-order chi connectivity index (χ0) is 16.2. The van der Waals surface area contributed by atoms with E-state index in [1.165, 1.54) is 0 Å². The highest BCUT2D eigenvalue weighted by molar-refractivity contribution is 6.31. The van der Waals surface area contributed by atoms with Crippen molar-refractivity contribution in [2.24, 2.45) is 0 Å². The summed E-state index contributed by atoms with van der Waals surface area (Å²) in [6.07, 6.45) is 0.176. The van der Waals surface area contributed by atoms with Gasteiger partial charge in [-0.25, -0.2) is 0 Å². The van der Waals surface area contributed by atoms with Gasteiger partial charge in [0.2, 0.25) is 5.60 Å². The second kappa shape index (κ2) is 4.83. The molecular formula is C18H14ClNO3. The molecule has 2 unspecified atom stereocenters. The molecule has 0 radical (unpaired) electrons. The van der Waals surface area contributed by atoms with Gasteiger partial charge in [0.25, 0.3) is 5.91 Å². The Labute approximate surface area is 138 Å². The molecule has 4 rings (SSSR count). The first kappa shape index (κ1) is 14.3. The van der Waals surface area contributed by atoms with Gasteiger partial charge in [-0.3, -0.25) is 9.59 Å². The molecule has 2 aliphatic heterocycles. The summed E-state index contributed by atoms with van der Waals surface area (Å²) < 4.78 is 5.65. The molecule has 23 heavy (non-hydrogen) atoms. The van der Waals surface area contributed by atoms with Gasteiger partial charge in [0.1, 0.15) is 0 Å². The number of rotatable bonds is 1. The molecule has 0 aromatic heterocycles. The molecule has 2 heterocycles. The third-order valence-corrected chi connectivity index (χ3v) is 4.92. The van der Waals surface area contributed by atoms with Gasteiger partial charge >= 0.3 is 5.97 Å². The van der Waals surface area contributed by atoms with Crippen LogP contribution in [0.15, 0.2) is 48.5 Å². The van der Waals surface area contributed by atoms with E-state index >= 15 is 0 Å². The van der Waals surface area contributed by atoms with E-state index in [1.54, 1.807) is 30.1 Å². The molecular weight excluding hydrogens is 314 g/mol. The van der Waals surface area contributed by atoms with Gasteiger partial charge in [0.05, 0.1) is 12.1 Å². The molecule has 0 saturated carbocycles. The predicted molar refractivity (Wildman–Crippen MR) is 86.4 cm³/mol. The Bertz CT molecular complexity index is 820. The van der Waals surface area contributed by atoms with E-state index in [1.807, 2.05) is 30.3 Å². The highest BCUT2D eigenvalue weighted by atomic mass is 35.5. The van der Waals surface area contributed by atoms with Crippen molar-refractivity contribution in [1.82, 2.24) is 0 Å². The van der Waals surface area contributed by atoms with E-state index in [0.29, 0.717) is 10.6 Å². The Morgan fingerprint density at radius 3 is 2.65 bits per heavy atom. The van der Waals surface area contributed by atoms with Crippen LogP contribution >= 0.6 is 11.6 Å². The van der Waals surface area contributed by atoms with Crippen molar-refractivity contribution in [3.8, 4) is 0 Å². The van der Waals surface area contributed by atoms with Crippen molar-refractivity contribution >= 4 is 29.2 Å². The summed E-state index contributed by atoms with van der Waals surface area (Å²) in [5.41, 5.74) is 0.994. The molecule has 1 spiro atoms. The number of benzene rings is 2. The average Bonchev–Trinajstić information content (AvgIpc) is 3.01. The van der Waals surface area contributed by atoms with Crippen molar-refractivity contribution in [1.29, 1.82) is 0 Å². The fourth-order valence-corrected chi connectivity index (χ4v) is 3.82. The number of likely N-dealkylation sites (N-methyl/N-ethyl adjacent to an activating group) is 1. The number of hydrogen-bond donors (Lipinski definition) is 0.